The summed E-state index contributed by atoms with van der Waals surface area (Å²) in [5, 5.41) is 27.1. The number of amides is 3. The Bertz CT molecular complexity index is 2000. The van der Waals surface area contributed by atoms with E-state index < -0.39 is 47.0 Å². The van der Waals surface area contributed by atoms with Crippen LogP contribution in [0.3, 0.4) is 0 Å². The van der Waals surface area contributed by atoms with Gasteiger partial charge >= 0.3 is 17.9 Å². The minimum absolute atomic E-state index is 0.0540. The van der Waals surface area contributed by atoms with Crippen LogP contribution in [0.1, 0.15) is 81.6 Å². The van der Waals surface area contributed by atoms with E-state index in [4.69, 9.17) is 14.9 Å². The lowest BCUT2D eigenvalue weighted by Gasteiger charge is -2.19. The normalized spacial score (nSPS) is 11.6. The lowest BCUT2D eigenvalue weighted by atomic mass is 9.89. The zero-order valence-electron chi connectivity index (χ0n) is 25.6. The molecular weight excluding hydrogens is 620 g/mol. The van der Waals surface area contributed by atoms with Crippen LogP contribution >= 0.6 is 0 Å². The van der Waals surface area contributed by atoms with Crippen molar-refractivity contribution in [3.05, 3.63) is 118 Å². The van der Waals surface area contributed by atoms with E-state index >= 15 is 0 Å². The fraction of sp³-hybridized carbons (Fsp3) is 0.114. The van der Waals surface area contributed by atoms with Crippen molar-refractivity contribution >= 4 is 52.8 Å². The summed E-state index contributed by atoms with van der Waals surface area (Å²) in [7, 11) is 0. The maximum atomic E-state index is 13.7. The molecule has 0 atom stereocenters. The molecule has 0 fully saturated rings. The largest absolute Gasteiger partial charge is 0.478 e. The van der Waals surface area contributed by atoms with Gasteiger partial charge in [0.15, 0.2) is 0 Å². The first kappa shape index (κ1) is 32.8. The van der Waals surface area contributed by atoms with Crippen LogP contribution in [0.15, 0.2) is 78.9 Å². The van der Waals surface area contributed by atoms with Crippen LogP contribution in [0, 0.1) is 5.41 Å². The van der Waals surface area contributed by atoms with E-state index in [2.05, 4.69) is 16.0 Å². The quantitative estimate of drug-likeness (QED) is 0.0676. The first-order valence-corrected chi connectivity index (χ1v) is 14.6. The molecule has 0 unspecified atom stereocenters. The Balaban J connectivity index is 1.57. The van der Waals surface area contributed by atoms with Crippen LogP contribution < -0.4 is 16.0 Å². The minimum Gasteiger partial charge on any atom is -0.478 e. The van der Waals surface area contributed by atoms with Crippen LogP contribution in [-0.2, 0) is 9.47 Å². The average molecular weight is 649 g/mol. The molecule has 4 aromatic carbocycles. The molecule has 4 aromatic rings. The highest BCUT2D eigenvalue weighted by molar-refractivity contribution is 6.23. The number of hydrogen-bond donors (Lipinski definition) is 5. The molecule has 5 N–H and O–H groups in total. The molecule has 0 aliphatic carbocycles. The molecule has 0 bridgehead atoms. The van der Waals surface area contributed by atoms with Crippen molar-refractivity contribution in [3.8, 4) is 11.1 Å². The third kappa shape index (κ3) is 6.65. The molecule has 0 spiro atoms. The number of carbonyl (C=O) groups excluding carboxylic acids is 5. The first-order chi connectivity index (χ1) is 23.0. The number of hydrogen-bond acceptors (Lipinski definition) is 9. The maximum Gasteiger partial charge on any atom is 0.338 e. The molecule has 48 heavy (non-hydrogen) atoms. The molecule has 0 saturated heterocycles. The number of carboxylic acids is 1. The highest BCUT2D eigenvalue weighted by Gasteiger charge is 2.30. The van der Waals surface area contributed by atoms with Gasteiger partial charge in [-0.3, -0.25) is 25.1 Å². The summed E-state index contributed by atoms with van der Waals surface area (Å²) in [6.07, 6.45) is 0. The summed E-state index contributed by atoms with van der Waals surface area (Å²) in [6.45, 7) is 3.72. The highest BCUT2D eigenvalue weighted by atomic mass is 16.5. The van der Waals surface area contributed by atoms with Gasteiger partial charge < -0.3 is 25.2 Å². The molecule has 5 rings (SSSR count). The summed E-state index contributed by atoms with van der Waals surface area (Å²) in [5.41, 5.74) is 0.740. The summed E-state index contributed by atoms with van der Waals surface area (Å²) < 4.78 is 9.98. The monoisotopic (exact) mass is 648 g/mol. The van der Waals surface area contributed by atoms with Crippen LogP contribution in [0.2, 0.25) is 0 Å². The lowest BCUT2D eigenvalue weighted by molar-refractivity contribution is 0.0517. The van der Waals surface area contributed by atoms with Gasteiger partial charge in [-0.15, -0.1) is 0 Å². The van der Waals surface area contributed by atoms with Gasteiger partial charge in [-0.2, -0.15) is 0 Å². The van der Waals surface area contributed by atoms with Gasteiger partial charge in [0.25, 0.3) is 17.7 Å². The maximum absolute atomic E-state index is 13.7. The van der Waals surface area contributed by atoms with Crippen LogP contribution in [-0.4, -0.2) is 59.8 Å². The number of nitrogens with one attached hydrogen (secondary N) is 4. The standard InChI is InChI=1S/C35H28N4O9/c1-3-47-34(45)18-5-10-21(11-6-18)37-29(36)27-25(31(41)38-22-12-7-19(8-13-22)35(46)48-4-2)16-15-23(28(27)33(43)44)20-9-14-24-26(17-20)32(42)39-30(24)40/h5-17H,3-4H2,1-2H3,(H2,36,37)(H,38,41)(H,43,44)(H,39,40,42). The van der Waals surface area contributed by atoms with E-state index in [-0.39, 0.29) is 63.4 Å². The molecular formula is C35H28N4O9. The predicted molar refractivity (Wildman–Crippen MR) is 174 cm³/mol. The van der Waals surface area contributed by atoms with Crippen molar-refractivity contribution in [3.63, 3.8) is 0 Å². The predicted octanol–water partition coefficient (Wildman–Crippen LogP) is 4.98. The fourth-order valence-corrected chi connectivity index (χ4v) is 5.06. The number of rotatable bonds is 10. The topological polar surface area (TPSA) is 201 Å². The Labute approximate surface area is 273 Å². The Morgan fingerprint density at radius 2 is 1.21 bits per heavy atom. The molecule has 3 amide bonds. The average Bonchev–Trinajstić information content (AvgIpc) is 3.36. The van der Waals surface area contributed by atoms with E-state index in [1.54, 1.807) is 13.8 Å². The van der Waals surface area contributed by atoms with Crippen molar-refractivity contribution < 1.29 is 43.3 Å². The van der Waals surface area contributed by atoms with Crippen LogP contribution in [0.4, 0.5) is 11.4 Å². The highest BCUT2D eigenvalue weighted by Crippen LogP contribution is 2.32. The number of carboxylic acid groups (broad SMARTS) is 1. The third-order valence-corrected chi connectivity index (χ3v) is 7.28. The third-order valence-electron chi connectivity index (χ3n) is 7.28. The second-order valence-corrected chi connectivity index (χ2v) is 10.3. The number of benzene rings is 4. The van der Waals surface area contributed by atoms with Gasteiger partial charge in [-0.1, -0.05) is 12.1 Å². The van der Waals surface area contributed by atoms with Crippen LogP contribution in [0.5, 0.6) is 0 Å². The number of imide groups is 1. The van der Waals surface area contributed by atoms with E-state index in [9.17, 15) is 33.9 Å². The van der Waals surface area contributed by atoms with Gasteiger partial charge in [-0.05, 0) is 91.7 Å². The lowest BCUT2D eigenvalue weighted by Crippen LogP contribution is -2.24. The van der Waals surface area contributed by atoms with Crippen molar-refractivity contribution in [1.82, 2.24) is 5.32 Å². The van der Waals surface area contributed by atoms with Gasteiger partial charge in [0.05, 0.1) is 46.6 Å². The number of fused-ring (bicyclic) bond motifs is 1. The molecule has 0 aromatic heterocycles. The Hall–Kier alpha value is -6.63. The smallest absolute Gasteiger partial charge is 0.338 e. The molecule has 1 aliphatic rings. The van der Waals surface area contributed by atoms with Gasteiger partial charge in [0.1, 0.15) is 5.84 Å². The fourth-order valence-electron chi connectivity index (χ4n) is 5.06. The molecule has 0 radical (unpaired) electrons. The number of carbonyl (C=O) groups is 6. The number of anilines is 2. The molecule has 0 saturated carbocycles. The Morgan fingerprint density at radius 3 is 1.75 bits per heavy atom. The summed E-state index contributed by atoms with van der Waals surface area (Å²) in [4.78, 5) is 75.2. The zero-order chi connectivity index (χ0) is 34.5. The minimum atomic E-state index is -1.47. The molecule has 1 aliphatic heterocycles. The van der Waals surface area contributed by atoms with Crippen LogP contribution in [0.25, 0.3) is 11.1 Å². The van der Waals surface area contributed by atoms with Crippen molar-refractivity contribution in [2.75, 3.05) is 23.8 Å². The van der Waals surface area contributed by atoms with Gasteiger partial charge in [0, 0.05) is 16.9 Å². The second kappa shape index (κ2) is 13.8. The van der Waals surface area contributed by atoms with Gasteiger partial charge in [-0.25, -0.2) is 14.4 Å². The van der Waals surface area contributed by atoms with E-state index in [0.29, 0.717) is 5.69 Å². The van der Waals surface area contributed by atoms with Crippen molar-refractivity contribution in [2.45, 2.75) is 13.8 Å². The van der Waals surface area contributed by atoms with E-state index in [0.717, 1.165) is 0 Å². The second-order valence-electron chi connectivity index (χ2n) is 10.3. The summed E-state index contributed by atoms with van der Waals surface area (Å²) in [5.74, 6) is -5.00. The molecule has 1 heterocycles. The Morgan fingerprint density at radius 1 is 0.688 bits per heavy atom. The molecule has 13 heteroatoms. The number of ether oxygens (including phenoxy) is 2. The summed E-state index contributed by atoms with van der Waals surface area (Å²) >= 11 is 0. The van der Waals surface area contributed by atoms with Crippen molar-refractivity contribution in [1.29, 1.82) is 5.41 Å². The van der Waals surface area contributed by atoms with E-state index in [1.165, 1.54) is 78.9 Å². The number of aromatic carboxylic acids is 1. The molecule has 242 valence electrons. The number of esters is 2. The number of amidine groups is 1. The molecule has 13 nitrogen and oxygen atoms in total. The first-order valence-electron chi connectivity index (χ1n) is 14.6. The Kier molecular flexibility index (Phi) is 9.41. The van der Waals surface area contributed by atoms with Gasteiger partial charge in [0.2, 0.25) is 0 Å². The van der Waals surface area contributed by atoms with Crippen molar-refractivity contribution in [2.24, 2.45) is 0 Å². The van der Waals surface area contributed by atoms with E-state index in [1.807, 2.05) is 0 Å². The zero-order valence-corrected chi connectivity index (χ0v) is 25.6. The SMILES string of the molecule is CCOC(=O)c1ccc(NC(=N)c2c(C(=O)Nc3ccc(C(=O)OCC)cc3)ccc(-c3ccc4c(c3)C(=O)NC4=O)c2C(=O)O)cc1. The summed E-state index contributed by atoms with van der Waals surface area (Å²) in [6, 6.07) is 18.7.